The number of hydrogen-bond acceptors (Lipinski definition) is 3. The first-order valence-electron chi connectivity index (χ1n) is 9.47. The summed E-state index contributed by atoms with van der Waals surface area (Å²) in [6.45, 7) is 4.31. The molecular weight excluding hydrogens is 300 g/mol. The fourth-order valence-corrected chi connectivity index (χ4v) is 6.64. The molecule has 3 nitrogen and oxygen atoms in total. The Morgan fingerprint density at radius 1 is 1.21 bits per heavy atom. The van der Waals surface area contributed by atoms with E-state index in [9.17, 15) is 14.7 Å². The van der Waals surface area contributed by atoms with Gasteiger partial charge in [0, 0.05) is 12.3 Å². The Hall–Kier alpha value is -1.22. The molecule has 6 atom stereocenters. The standard InChI is InChI=1S/C21H28O3/c1-20-9-7-14(23)11-13(20)3-4-15-16-5-6-18(19(24)12-22)21(16,2)10-8-17(15)20/h3-4,11,15-18,22H,5-10,12H2,1-2H3/t15-,16-,17-,18+,20+,21-/m0/s1. The van der Waals surface area contributed by atoms with Crippen molar-refractivity contribution in [2.24, 2.45) is 34.5 Å². The monoisotopic (exact) mass is 328 g/mol. The Morgan fingerprint density at radius 3 is 2.75 bits per heavy atom. The average molecular weight is 328 g/mol. The second-order valence-electron chi connectivity index (χ2n) is 8.93. The minimum absolute atomic E-state index is 0.0273. The van der Waals surface area contributed by atoms with Gasteiger partial charge in [-0.25, -0.2) is 0 Å². The molecule has 0 spiro atoms. The molecule has 1 N–H and O–H groups in total. The lowest BCUT2D eigenvalue weighted by Gasteiger charge is -2.55. The molecule has 0 bridgehead atoms. The van der Waals surface area contributed by atoms with Crippen molar-refractivity contribution >= 4 is 11.6 Å². The zero-order valence-corrected chi connectivity index (χ0v) is 14.8. The number of rotatable bonds is 2. The van der Waals surface area contributed by atoms with E-state index in [-0.39, 0.29) is 34.9 Å². The summed E-state index contributed by atoms with van der Waals surface area (Å²) in [4.78, 5) is 24.1. The topological polar surface area (TPSA) is 54.4 Å². The van der Waals surface area contributed by atoms with E-state index in [1.165, 1.54) is 5.57 Å². The molecule has 2 saturated carbocycles. The van der Waals surface area contributed by atoms with E-state index in [1.807, 2.05) is 6.08 Å². The summed E-state index contributed by atoms with van der Waals surface area (Å²) in [5.74, 6) is 1.95. The van der Waals surface area contributed by atoms with Gasteiger partial charge >= 0.3 is 0 Å². The Kier molecular flexibility index (Phi) is 3.65. The van der Waals surface area contributed by atoms with E-state index in [1.54, 1.807) is 0 Å². The SMILES string of the molecule is C[C@]12CC[C@H]3[C@@H](C=CC4=CC(=O)CC[C@]43C)[C@@H]1CC[C@@H]2C(=O)CO. The van der Waals surface area contributed by atoms with Crippen LogP contribution in [0, 0.1) is 34.5 Å². The molecule has 4 aliphatic carbocycles. The molecule has 0 aromatic rings. The van der Waals surface area contributed by atoms with Crippen LogP contribution >= 0.6 is 0 Å². The van der Waals surface area contributed by atoms with E-state index in [4.69, 9.17) is 0 Å². The molecule has 0 saturated heterocycles. The van der Waals surface area contributed by atoms with Gasteiger partial charge in [-0.1, -0.05) is 26.0 Å². The van der Waals surface area contributed by atoms with Gasteiger partial charge in [0.1, 0.15) is 6.61 Å². The molecule has 0 aromatic carbocycles. The molecule has 0 amide bonds. The van der Waals surface area contributed by atoms with Crippen molar-refractivity contribution < 1.29 is 14.7 Å². The number of Topliss-reactive ketones (excluding diaryl/α,β-unsaturated/α-hetero) is 1. The number of aliphatic hydroxyl groups excluding tert-OH is 1. The zero-order valence-electron chi connectivity index (χ0n) is 14.8. The van der Waals surface area contributed by atoms with Crippen molar-refractivity contribution in [3.05, 3.63) is 23.8 Å². The van der Waals surface area contributed by atoms with E-state index < -0.39 is 0 Å². The maximum atomic E-state index is 12.2. The van der Waals surface area contributed by atoms with E-state index in [0.717, 1.165) is 32.1 Å². The molecule has 2 fully saturated rings. The van der Waals surface area contributed by atoms with Gasteiger partial charge in [-0.3, -0.25) is 9.59 Å². The average Bonchev–Trinajstić information content (AvgIpc) is 2.92. The molecule has 130 valence electrons. The first-order chi connectivity index (χ1) is 11.4. The third-order valence-corrected chi connectivity index (χ3v) is 8.06. The van der Waals surface area contributed by atoms with Crippen LogP contribution in [0.2, 0.25) is 0 Å². The number of aliphatic hydroxyl groups is 1. The quantitative estimate of drug-likeness (QED) is 0.844. The number of carbonyl (C=O) groups is 2. The highest BCUT2D eigenvalue weighted by Crippen LogP contribution is 2.65. The number of fused-ring (bicyclic) bond motifs is 5. The summed E-state index contributed by atoms with van der Waals surface area (Å²) in [6.07, 6.45) is 12.3. The first kappa shape index (κ1) is 16.3. The Bertz CT molecular complexity index is 645. The highest BCUT2D eigenvalue weighted by atomic mass is 16.3. The van der Waals surface area contributed by atoms with Crippen LogP contribution in [0.25, 0.3) is 0 Å². The highest BCUT2D eigenvalue weighted by molar-refractivity contribution is 5.92. The molecule has 0 aromatic heterocycles. The Labute approximate surface area is 144 Å². The Morgan fingerprint density at radius 2 is 2.00 bits per heavy atom. The molecule has 0 radical (unpaired) electrons. The molecule has 24 heavy (non-hydrogen) atoms. The predicted octanol–water partition coefficient (Wildman–Crippen LogP) is 3.47. The van der Waals surface area contributed by atoms with Crippen LogP contribution in [-0.2, 0) is 9.59 Å². The first-order valence-corrected chi connectivity index (χ1v) is 9.47. The highest BCUT2D eigenvalue weighted by Gasteiger charge is 2.59. The molecule has 4 rings (SSSR count). The van der Waals surface area contributed by atoms with E-state index in [0.29, 0.717) is 24.2 Å². The Balaban J connectivity index is 1.70. The van der Waals surface area contributed by atoms with Gasteiger partial charge < -0.3 is 5.11 Å². The number of hydrogen-bond donors (Lipinski definition) is 1. The lowest BCUT2D eigenvalue weighted by Crippen LogP contribution is -2.49. The minimum atomic E-state index is -0.316. The van der Waals surface area contributed by atoms with Crippen LogP contribution in [-0.4, -0.2) is 23.3 Å². The van der Waals surface area contributed by atoms with Gasteiger partial charge in [0.05, 0.1) is 0 Å². The van der Waals surface area contributed by atoms with Gasteiger partial charge in [-0.05, 0) is 72.3 Å². The number of carbonyl (C=O) groups excluding carboxylic acids is 2. The molecule has 4 aliphatic rings. The third-order valence-electron chi connectivity index (χ3n) is 8.06. The molecule has 0 heterocycles. The van der Waals surface area contributed by atoms with Crippen molar-refractivity contribution in [2.75, 3.05) is 6.61 Å². The largest absolute Gasteiger partial charge is 0.389 e. The fraction of sp³-hybridized carbons (Fsp3) is 0.714. The minimum Gasteiger partial charge on any atom is -0.389 e. The molecule has 0 unspecified atom stereocenters. The van der Waals surface area contributed by atoms with Crippen molar-refractivity contribution in [1.82, 2.24) is 0 Å². The summed E-state index contributed by atoms with van der Waals surface area (Å²) in [5.41, 5.74) is 1.38. The zero-order chi connectivity index (χ0) is 17.1. The van der Waals surface area contributed by atoms with E-state index in [2.05, 4.69) is 26.0 Å². The maximum Gasteiger partial charge on any atom is 0.161 e. The lowest BCUT2D eigenvalue weighted by molar-refractivity contribution is -0.131. The molecular formula is C21H28O3. The van der Waals surface area contributed by atoms with Crippen molar-refractivity contribution in [2.45, 2.75) is 52.4 Å². The summed E-state index contributed by atoms with van der Waals surface area (Å²) < 4.78 is 0. The van der Waals surface area contributed by atoms with Crippen molar-refractivity contribution in [3.8, 4) is 0 Å². The van der Waals surface area contributed by atoms with Crippen LogP contribution in [0.3, 0.4) is 0 Å². The fourth-order valence-electron chi connectivity index (χ4n) is 6.64. The van der Waals surface area contributed by atoms with Crippen LogP contribution < -0.4 is 0 Å². The smallest absolute Gasteiger partial charge is 0.161 e. The lowest BCUT2D eigenvalue weighted by atomic mass is 9.48. The van der Waals surface area contributed by atoms with Crippen LogP contribution in [0.1, 0.15) is 52.4 Å². The summed E-state index contributed by atoms with van der Waals surface area (Å²) in [6, 6.07) is 0. The van der Waals surface area contributed by atoms with Gasteiger partial charge in [-0.2, -0.15) is 0 Å². The molecule has 3 heteroatoms. The van der Waals surface area contributed by atoms with Gasteiger partial charge in [0.25, 0.3) is 0 Å². The second kappa shape index (κ2) is 5.39. The third kappa shape index (κ3) is 2.06. The van der Waals surface area contributed by atoms with Crippen molar-refractivity contribution in [3.63, 3.8) is 0 Å². The summed E-state index contributed by atoms with van der Waals surface area (Å²) in [5, 5.41) is 9.35. The predicted molar refractivity (Wildman–Crippen MR) is 92.2 cm³/mol. The number of allylic oxidation sites excluding steroid dienone is 4. The number of ketones is 2. The van der Waals surface area contributed by atoms with Gasteiger partial charge in [0.2, 0.25) is 0 Å². The van der Waals surface area contributed by atoms with Crippen LogP contribution in [0.15, 0.2) is 23.8 Å². The summed E-state index contributed by atoms with van der Waals surface area (Å²) >= 11 is 0. The van der Waals surface area contributed by atoms with Gasteiger partial charge in [-0.15, -0.1) is 0 Å². The van der Waals surface area contributed by atoms with E-state index >= 15 is 0 Å². The maximum absolute atomic E-state index is 12.2. The summed E-state index contributed by atoms with van der Waals surface area (Å²) in [7, 11) is 0. The second-order valence-corrected chi connectivity index (χ2v) is 8.93. The normalized spacial score (nSPS) is 46.8. The van der Waals surface area contributed by atoms with Gasteiger partial charge in [0.15, 0.2) is 11.6 Å². The molecule has 0 aliphatic heterocycles. The van der Waals surface area contributed by atoms with Crippen LogP contribution in [0.5, 0.6) is 0 Å². The van der Waals surface area contributed by atoms with Crippen molar-refractivity contribution in [1.29, 1.82) is 0 Å². The van der Waals surface area contributed by atoms with Crippen LogP contribution in [0.4, 0.5) is 0 Å².